The zero-order valence-electron chi connectivity index (χ0n) is 14.4. The smallest absolute Gasteiger partial charge is 0.313 e. The molecule has 0 bridgehead atoms. The molecular formula is C18H22N4O2S. The Labute approximate surface area is 151 Å². The van der Waals surface area contributed by atoms with Crippen molar-refractivity contribution in [2.75, 3.05) is 17.6 Å². The molecule has 7 heteroatoms. The molecule has 0 radical (unpaired) electrons. The van der Waals surface area contributed by atoms with Gasteiger partial charge in [-0.2, -0.15) is 0 Å². The largest absolute Gasteiger partial charge is 0.383 e. The number of likely N-dealkylation sites (tertiary alicyclic amines) is 1. The van der Waals surface area contributed by atoms with E-state index < -0.39 is 17.4 Å². The fourth-order valence-corrected chi connectivity index (χ4v) is 4.18. The molecule has 0 spiro atoms. The Morgan fingerprint density at radius 1 is 1.40 bits per heavy atom. The van der Waals surface area contributed by atoms with E-state index in [-0.39, 0.29) is 0 Å². The molecule has 3 rings (SSSR count). The van der Waals surface area contributed by atoms with Gasteiger partial charge in [0, 0.05) is 11.4 Å². The second kappa shape index (κ2) is 6.84. The molecule has 0 aromatic carbocycles. The summed E-state index contributed by atoms with van der Waals surface area (Å²) >= 11 is 1.62. The summed E-state index contributed by atoms with van der Waals surface area (Å²) in [5.41, 5.74) is 6.48. The Kier molecular flexibility index (Phi) is 4.76. The molecule has 1 atom stereocenters. The minimum absolute atomic E-state index is 0.408. The number of carbonyl (C=O) groups excluding carboxylic acids is 2. The number of nitrogens with zero attached hydrogens (tertiary/aromatic N) is 2. The van der Waals surface area contributed by atoms with Crippen molar-refractivity contribution in [2.24, 2.45) is 0 Å². The monoisotopic (exact) mass is 358 g/mol. The predicted octanol–water partition coefficient (Wildman–Crippen LogP) is 2.90. The summed E-state index contributed by atoms with van der Waals surface area (Å²) in [4.78, 5) is 32.2. The highest BCUT2D eigenvalue weighted by molar-refractivity contribution is 7.10. The molecule has 3 N–H and O–H groups in total. The first-order chi connectivity index (χ1) is 11.9. The third-order valence-corrected chi connectivity index (χ3v) is 5.88. The van der Waals surface area contributed by atoms with Gasteiger partial charge in [-0.3, -0.25) is 9.59 Å². The number of aromatic nitrogens is 1. The van der Waals surface area contributed by atoms with Gasteiger partial charge in [-0.25, -0.2) is 4.98 Å². The molecule has 132 valence electrons. The average Bonchev–Trinajstić information content (AvgIpc) is 3.13. The first kappa shape index (κ1) is 17.4. The van der Waals surface area contributed by atoms with Crippen LogP contribution in [-0.2, 0) is 15.1 Å². The second-order valence-electron chi connectivity index (χ2n) is 6.55. The van der Waals surface area contributed by atoms with Crippen molar-refractivity contribution >= 4 is 34.7 Å². The number of nitrogens with two attached hydrogens (primary N) is 1. The molecule has 2 amide bonds. The molecule has 3 heterocycles. The van der Waals surface area contributed by atoms with Crippen LogP contribution >= 0.6 is 11.3 Å². The van der Waals surface area contributed by atoms with E-state index in [1.807, 2.05) is 24.4 Å². The standard InChI is InChI=1S/C18H22N4O2S/c1-12-10-13(11-20-15(12)19)21-16(23)17(24)22-8-4-3-7-18(22,2)14-6-5-9-25-14/h5-6,9-11H,3-4,7-8H2,1-2H3,(H2,19,20)(H,21,23)/t18-/m0/s1. The van der Waals surface area contributed by atoms with Crippen molar-refractivity contribution < 1.29 is 9.59 Å². The van der Waals surface area contributed by atoms with Gasteiger partial charge in [-0.05, 0) is 56.2 Å². The normalized spacial score (nSPS) is 20.3. The van der Waals surface area contributed by atoms with Crippen LogP contribution in [0.15, 0.2) is 29.8 Å². The van der Waals surface area contributed by atoms with Crippen LogP contribution in [0.5, 0.6) is 0 Å². The molecule has 2 aromatic rings. The highest BCUT2D eigenvalue weighted by Crippen LogP contribution is 2.39. The van der Waals surface area contributed by atoms with E-state index >= 15 is 0 Å². The zero-order valence-corrected chi connectivity index (χ0v) is 15.2. The highest BCUT2D eigenvalue weighted by atomic mass is 32.1. The van der Waals surface area contributed by atoms with Gasteiger partial charge in [-0.15, -0.1) is 11.3 Å². The van der Waals surface area contributed by atoms with Crippen LogP contribution in [0.4, 0.5) is 11.5 Å². The fraction of sp³-hybridized carbons (Fsp3) is 0.389. The average molecular weight is 358 g/mol. The molecule has 0 aliphatic carbocycles. The van der Waals surface area contributed by atoms with Gasteiger partial charge in [0.2, 0.25) is 0 Å². The maximum Gasteiger partial charge on any atom is 0.313 e. The summed E-state index contributed by atoms with van der Waals surface area (Å²) in [5.74, 6) is -0.744. The Balaban J connectivity index is 1.80. The lowest BCUT2D eigenvalue weighted by molar-refractivity contribution is -0.149. The third kappa shape index (κ3) is 3.37. The lowest BCUT2D eigenvalue weighted by Gasteiger charge is -2.44. The van der Waals surface area contributed by atoms with Crippen LogP contribution in [0.2, 0.25) is 0 Å². The molecule has 6 nitrogen and oxygen atoms in total. The van der Waals surface area contributed by atoms with Crippen molar-refractivity contribution in [1.29, 1.82) is 0 Å². The van der Waals surface area contributed by atoms with Crippen molar-refractivity contribution in [3.05, 3.63) is 40.2 Å². The molecule has 25 heavy (non-hydrogen) atoms. The Hall–Kier alpha value is -2.41. The van der Waals surface area contributed by atoms with Crippen molar-refractivity contribution in [1.82, 2.24) is 9.88 Å². The van der Waals surface area contributed by atoms with Crippen LogP contribution in [-0.4, -0.2) is 28.2 Å². The van der Waals surface area contributed by atoms with E-state index in [0.717, 1.165) is 29.7 Å². The van der Waals surface area contributed by atoms with E-state index in [2.05, 4.69) is 10.3 Å². The maximum atomic E-state index is 12.8. The van der Waals surface area contributed by atoms with Crippen LogP contribution in [0, 0.1) is 6.92 Å². The van der Waals surface area contributed by atoms with Crippen LogP contribution < -0.4 is 11.1 Å². The second-order valence-corrected chi connectivity index (χ2v) is 7.49. The van der Waals surface area contributed by atoms with Crippen LogP contribution in [0.3, 0.4) is 0 Å². The van der Waals surface area contributed by atoms with Crippen molar-refractivity contribution in [3.63, 3.8) is 0 Å². The topological polar surface area (TPSA) is 88.3 Å². The highest BCUT2D eigenvalue weighted by Gasteiger charge is 2.41. The minimum atomic E-state index is -0.643. The number of carbonyl (C=O) groups is 2. The molecule has 1 fully saturated rings. The van der Waals surface area contributed by atoms with Gasteiger partial charge in [0.25, 0.3) is 0 Å². The van der Waals surface area contributed by atoms with Gasteiger partial charge in [0.1, 0.15) is 5.82 Å². The quantitative estimate of drug-likeness (QED) is 0.808. The first-order valence-corrected chi connectivity index (χ1v) is 9.19. The predicted molar refractivity (Wildman–Crippen MR) is 99.3 cm³/mol. The summed E-state index contributed by atoms with van der Waals surface area (Å²) in [6, 6.07) is 5.72. The van der Waals surface area contributed by atoms with E-state index in [1.165, 1.54) is 6.20 Å². The Bertz CT molecular complexity index is 790. The number of nitrogens with one attached hydrogen (secondary N) is 1. The number of hydrogen-bond acceptors (Lipinski definition) is 5. The number of thiophene rings is 1. The first-order valence-electron chi connectivity index (χ1n) is 8.31. The molecule has 0 saturated carbocycles. The SMILES string of the molecule is Cc1cc(NC(=O)C(=O)N2CCCC[C@@]2(C)c2cccs2)cnc1N. The molecule has 1 aliphatic rings. The number of piperidine rings is 1. The van der Waals surface area contributed by atoms with E-state index in [9.17, 15) is 9.59 Å². The van der Waals surface area contributed by atoms with Gasteiger partial charge >= 0.3 is 11.8 Å². The number of hydrogen-bond donors (Lipinski definition) is 2. The molecule has 1 saturated heterocycles. The summed E-state index contributed by atoms with van der Waals surface area (Å²) < 4.78 is 0. The number of pyridine rings is 1. The van der Waals surface area contributed by atoms with Crippen LogP contribution in [0.25, 0.3) is 0 Å². The van der Waals surface area contributed by atoms with E-state index in [0.29, 0.717) is 18.1 Å². The van der Waals surface area contributed by atoms with Gasteiger partial charge < -0.3 is 16.0 Å². The van der Waals surface area contributed by atoms with Gasteiger partial charge in [0.15, 0.2) is 0 Å². The van der Waals surface area contributed by atoms with Crippen LogP contribution in [0.1, 0.15) is 36.6 Å². The lowest BCUT2D eigenvalue weighted by atomic mass is 9.86. The van der Waals surface area contributed by atoms with E-state index in [1.54, 1.807) is 29.2 Å². The number of amides is 2. The maximum absolute atomic E-state index is 12.8. The third-order valence-electron chi connectivity index (χ3n) is 4.76. The van der Waals surface area contributed by atoms with Gasteiger partial charge in [0.05, 0.1) is 17.4 Å². The summed E-state index contributed by atoms with van der Waals surface area (Å²) in [7, 11) is 0. The number of rotatable bonds is 2. The van der Waals surface area contributed by atoms with Crippen molar-refractivity contribution in [3.8, 4) is 0 Å². The molecular weight excluding hydrogens is 336 g/mol. The zero-order chi connectivity index (χ0) is 18.0. The Morgan fingerprint density at radius 2 is 2.20 bits per heavy atom. The molecule has 1 aliphatic heterocycles. The summed E-state index contributed by atoms with van der Waals surface area (Å²) in [5, 5.41) is 4.65. The number of anilines is 2. The van der Waals surface area contributed by atoms with E-state index in [4.69, 9.17) is 5.73 Å². The molecule has 2 aromatic heterocycles. The number of nitrogen functional groups attached to an aromatic ring is 1. The number of aryl methyl sites for hydroxylation is 1. The van der Waals surface area contributed by atoms with Gasteiger partial charge in [-0.1, -0.05) is 6.07 Å². The van der Waals surface area contributed by atoms with Crippen molar-refractivity contribution in [2.45, 2.75) is 38.6 Å². The minimum Gasteiger partial charge on any atom is -0.383 e. The molecule has 0 unspecified atom stereocenters. The lowest BCUT2D eigenvalue weighted by Crippen LogP contribution is -2.53. The summed E-state index contributed by atoms with van der Waals surface area (Å²) in [6.07, 6.45) is 4.26. The fourth-order valence-electron chi connectivity index (χ4n) is 3.25. The Morgan fingerprint density at radius 3 is 2.88 bits per heavy atom. The summed E-state index contributed by atoms with van der Waals surface area (Å²) in [6.45, 7) is 4.43.